The first-order valence-electron chi connectivity index (χ1n) is 5.99. The number of amides is 1. The molecule has 1 atom stereocenters. The van der Waals surface area contributed by atoms with Gasteiger partial charge in [-0.05, 0) is 34.1 Å². The molecule has 1 saturated heterocycles. The Balaban J connectivity index is 1.80. The summed E-state index contributed by atoms with van der Waals surface area (Å²) in [6, 6.07) is 0.904. The lowest BCUT2D eigenvalue weighted by atomic mass is 9.92. The van der Waals surface area contributed by atoms with Gasteiger partial charge in [0.1, 0.15) is 0 Å². The highest BCUT2D eigenvalue weighted by atomic mass is 16.2. The number of carbonyl (C=O) groups is 1. The number of hydrogen-bond acceptors (Lipinski definition) is 2. The highest BCUT2D eigenvalue weighted by Crippen LogP contribution is 2.59. The predicted molar refractivity (Wildman–Crippen MR) is 60.5 cm³/mol. The van der Waals surface area contributed by atoms with Crippen LogP contribution in [0.5, 0.6) is 0 Å². The molecule has 1 saturated carbocycles. The summed E-state index contributed by atoms with van der Waals surface area (Å²) < 4.78 is 0. The third-order valence-electron chi connectivity index (χ3n) is 3.70. The number of hydrogen-bond donors (Lipinski definition) is 1. The lowest BCUT2D eigenvalue weighted by Gasteiger charge is -2.43. The normalized spacial score (nSPS) is 28.3. The van der Waals surface area contributed by atoms with Crippen molar-refractivity contribution in [3.8, 4) is 0 Å². The lowest BCUT2D eigenvalue weighted by Crippen LogP contribution is -2.53. The van der Waals surface area contributed by atoms with Gasteiger partial charge in [-0.1, -0.05) is 0 Å². The van der Waals surface area contributed by atoms with Gasteiger partial charge in [-0.3, -0.25) is 9.69 Å². The van der Waals surface area contributed by atoms with Crippen LogP contribution in [0, 0.1) is 11.3 Å². The Morgan fingerprint density at radius 2 is 1.93 bits per heavy atom. The van der Waals surface area contributed by atoms with E-state index in [1.54, 1.807) is 0 Å². The van der Waals surface area contributed by atoms with Crippen molar-refractivity contribution in [2.45, 2.75) is 46.2 Å². The molecule has 0 bridgehead atoms. The summed E-state index contributed by atoms with van der Waals surface area (Å²) >= 11 is 0. The number of carbonyl (C=O) groups excluding carboxylic acids is 1. The van der Waals surface area contributed by atoms with Gasteiger partial charge in [0.2, 0.25) is 5.91 Å². The van der Waals surface area contributed by atoms with Gasteiger partial charge in [-0.2, -0.15) is 0 Å². The summed E-state index contributed by atoms with van der Waals surface area (Å²) in [7, 11) is 0. The van der Waals surface area contributed by atoms with Crippen LogP contribution < -0.4 is 5.32 Å². The van der Waals surface area contributed by atoms with Gasteiger partial charge in [0, 0.05) is 36.5 Å². The van der Waals surface area contributed by atoms with Gasteiger partial charge in [-0.25, -0.2) is 0 Å². The van der Waals surface area contributed by atoms with Crippen molar-refractivity contribution in [1.82, 2.24) is 10.2 Å². The van der Waals surface area contributed by atoms with Crippen molar-refractivity contribution in [2.75, 3.05) is 13.1 Å². The average Bonchev–Trinajstić information content (AvgIpc) is 2.73. The molecule has 0 aromatic rings. The standard InChI is InChI=1S/C12H22N2O/c1-8(2)13-11(15)10-5-12(10)6-14(7-12)9(3)4/h8-10H,5-7H2,1-4H3,(H,13,15)/t10-/m1/s1. The van der Waals surface area contributed by atoms with Crippen LogP contribution in [0.15, 0.2) is 0 Å². The monoisotopic (exact) mass is 210 g/mol. The second-order valence-corrected chi connectivity index (χ2v) is 5.78. The van der Waals surface area contributed by atoms with Crippen molar-refractivity contribution in [2.24, 2.45) is 11.3 Å². The van der Waals surface area contributed by atoms with Crippen LogP contribution in [0.4, 0.5) is 0 Å². The average molecular weight is 210 g/mol. The van der Waals surface area contributed by atoms with E-state index in [9.17, 15) is 4.79 Å². The van der Waals surface area contributed by atoms with Crippen LogP contribution in [-0.2, 0) is 4.79 Å². The van der Waals surface area contributed by atoms with E-state index in [4.69, 9.17) is 0 Å². The molecule has 1 aliphatic carbocycles. The van der Waals surface area contributed by atoms with Crippen LogP contribution in [0.3, 0.4) is 0 Å². The van der Waals surface area contributed by atoms with Crippen LogP contribution in [0.25, 0.3) is 0 Å². The smallest absolute Gasteiger partial charge is 0.223 e. The Hall–Kier alpha value is -0.570. The molecular weight excluding hydrogens is 188 g/mol. The first kappa shape index (κ1) is 10.9. The molecule has 3 nitrogen and oxygen atoms in total. The van der Waals surface area contributed by atoms with Crippen molar-refractivity contribution in [3.63, 3.8) is 0 Å². The number of likely N-dealkylation sites (tertiary alicyclic amines) is 1. The van der Waals surface area contributed by atoms with E-state index in [1.807, 2.05) is 13.8 Å². The number of nitrogens with zero attached hydrogens (tertiary/aromatic N) is 1. The van der Waals surface area contributed by atoms with Crippen LogP contribution in [0.1, 0.15) is 34.1 Å². The van der Waals surface area contributed by atoms with E-state index >= 15 is 0 Å². The molecule has 86 valence electrons. The molecular formula is C12H22N2O. The van der Waals surface area contributed by atoms with E-state index in [0.717, 1.165) is 19.5 Å². The summed E-state index contributed by atoms with van der Waals surface area (Å²) in [5.74, 6) is 0.573. The molecule has 0 aromatic carbocycles. The molecule has 0 unspecified atom stereocenters. The van der Waals surface area contributed by atoms with E-state index in [-0.39, 0.29) is 11.9 Å². The lowest BCUT2D eigenvalue weighted by molar-refractivity contribution is -0.124. The molecule has 1 N–H and O–H groups in total. The molecule has 1 heterocycles. The number of nitrogens with one attached hydrogen (secondary N) is 1. The maximum atomic E-state index is 11.8. The molecule has 1 aliphatic heterocycles. The minimum Gasteiger partial charge on any atom is -0.354 e. The zero-order valence-corrected chi connectivity index (χ0v) is 10.2. The summed E-state index contributed by atoms with van der Waals surface area (Å²) in [5, 5.41) is 3.01. The molecule has 0 aromatic heterocycles. The summed E-state index contributed by atoms with van der Waals surface area (Å²) in [5.41, 5.74) is 0.364. The van der Waals surface area contributed by atoms with Gasteiger partial charge in [0.15, 0.2) is 0 Å². The fourth-order valence-electron chi connectivity index (χ4n) is 2.58. The molecule has 3 heteroatoms. The summed E-state index contributed by atoms with van der Waals surface area (Å²) in [4.78, 5) is 14.2. The van der Waals surface area contributed by atoms with Gasteiger partial charge in [-0.15, -0.1) is 0 Å². The maximum absolute atomic E-state index is 11.8. The van der Waals surface area contributed by atoms with Gasteiger partial charge >= 0.3 is 0 Å². The number of rotatable bonds is 3. The first-order valence-corrected chi connectivity index (χ1v) is 5.99. The summed E-state index contributed by atoms with van der Waals surface area (Å²) in [6.07, 6.45) is 1.11. The zero-order valence-electron chi connectivity index (χ0n) is 10.2. The molecule has 2 fully saturated rings. The molecule has 2 aliphatic rings. The van der Waals surface area contributed by atoms with E-state index in [1.165, 1.54) is 0 Å². The van der Waals surface area contributed by atoms with Crippen LogP contribution >= 0.6 is 0 Å². The molecule has 1 amide bonds. The fourth-order valence-corrected chi connectivity index (χ4v) is 2.58. The third-order valence-corrected chi connectivity index (χ3v) is 3.70. The Morgan fingerprint density at radius 1 is 1.33 bits per heavy atom. The van der Waals surface area contributed by atoms with Crippen LogP contribution in [-0.4, -0.2) is 36.0 Å². The second-order valence-electron chi connectivity index (χ2n) is 5.78. The third kappa shape index (κ3) is 1.89. The van der Waals surface area contributed by atoms with Crippen LogP contribution in [0.2, 0.25) is 0 Å². The highest BCUT2D eigenvalue weighted by Gasteiger charge is 2.64. The van der Waals surface area contributed by atoms with Gasteiger partial charge in [0.05, 0.1) is 0 Å². The van der Waals surface area contributed by atoms with Gasteiger partial charge < -0.3 is 5.32 Å². The first-order chi connectivity index (χ1) is 6.94. The summed E-state index contributed by atoms with van der Waals surface area (Å²) in [6.45, 7) is 10.7. The highest BCUT2D eigenvalue weighted by molar-refractivity contribution is 5.83. The Kier molecular flexibility index (Phi) is 2.53. The SMILES string of the molecule is CC(C)NC(=O)[C@H]1CC12CN(C(C)C)C2. The van der Waals surface area contributed by atoms with Crippen molar-refractivity contribution >= 4 is 5.91 Å². The van der Waals surface area contributed by atoms with E-state index in [2.05, 4.69) is 24.1 Å². The quantitative estimate of drug-likeness (QED) is 0.760. The minimum atomic E-state index is 0.272. The van der Waals surface area contributed by atoms with E-state index < -0.39 is 0 Å². The van der Waals surface area contributed by atoms with Crippen molar-refractivity contribution in [3.05, 3.63) is 0 Å². The Morgan fingerprint density at radius 3 is 2.40 bits per heavy atom. The predicted octanol–water partition coefficient (Wildman–Crippen LogP) is 1.24. The Bertz CT molecular complexity index is 267. The van der Waals surface area contributed by atoms with E-state index in [0.29, 0.717) is 17.4 Å². The zero-order chi connectivity index (χ0) is 11.2. The second kappa shape index (κ2) is 3.48. The fraction of sp³-hybridized carbons (Fsp3) is 0.917. The molecule has 1 spiro atoms. The minimum absolute atomic E-state index is 0.272. The van der Waals surface area contributed by atoms with Crippen molar-refractivity contribution in [1.29, 1.82) is 0 Å². The Labute approximate surface area is 92.2 Å². The molecule has 15 heavy (non-hydrogen) atoms. The maximum Gasteiger partial charge on any atom is 0.223 e. The largest absolute Gasteiger partial charge is 0.354 e. The molecule has 0 radical (unpaired) electrons. The topological polar surface area (TPSA) is 32.3 Å². The molecule has 2 rings (SSSR count). The van der Waals surface area contributed by atoms with Gasteiger partial charge in [0.25, 0.3) is 0 Å². The van der Waals surface area contributed by atoms with Crippen molar-refractivity contribution < 1.29 is 4.79 Å².